The van der Waals surface area contributed by atoms with Crippen molar-refractivity contribution in [3.8, 4) is 0 Å². The molecule has 2 heterocycles. The zero-order valence-corrected chi connectivity index (χ0v) is 16.5. The largest absolute Gasteiger partial charge is 0.376 e. The van der Waals surface area contributed by atoms with Crippen LogP contribution in [0.15, 0.2) is 24.3 Å². The van der Waals surface area contributed by atoms with Gasteiger partial charge in [-0.3, -0.25) is 9.59 Å². The maximum atomic E-state index is 12.6. The van der Waals surface area contributed by atoms with Gasteiger partial charge < -0.3 is 19.4 Å². The molecule has 1 atom stereocenters. The topological polar surface area (TPSA) is 53.1 Å². The summed E-state index contributed by atoms with van der Waals surface area (Å²) in [5.74, 6) is 0.153. The van der Waals surface area contributed by atoms with Crippen LogP contribution in [0.25, 0.3) is 0 Å². The highest BCUT2D eigenvalue weighted by atomic mass is 16.5. The van der Waals surface area contributed by atoms with E-state index in [1.54, 1.807) is 11.8 Å². The molecule has 0 saturated carbocycles. The second kappa shape index (κ2) is 9.22. The molecule has 0 radical (unpaired) electrons. The Morgan fingerprint density at radius 1 is 1.22 bits per heavy atom. The molecular weight excluding hydrogens is 342 g/mol. The molecule has 6 heteroatoms. The molecule has 1 unspecified atom stereocenters. The fourth-order valence-electron chi connectivity index (χ4n) is 3.84. The Morgan fingerprint density at radius 3 is 2.63 bits per heavy atom. The highest BCUT2D eigenvalue weighted by Gasteiger charge is 2.24. The van der Waals surface area contributed by atoms with Gasteiger partial charge in [0.1, 0.15) is 0 Å². The number of carbonyl (C=O) groups excluding carboxylic acids is 2. The summed E-state index contributed by atoms with van der Waals surface area (Å²) in [6.45, 7) is 8.69. The predicted octanol–water partition coefficient (Wildman–Crippen LogP) is 2.06. The number of amides is 2. The summed E-state index contributed by atoms with van der Waals surface area (Å²) < 4.78 is 5.62. The van der Waals surface area contributed by atoms with Crippen molar-refractivity contribution in [1.29, 1.82) is 0 Å². The Kier molecular flexibility index (Phi) is 6.72. The average molecular weight is 373 g/mol. The molecular formula is C21H31N3O3. The van der Waals surface area contributed by atoms with E-state index in [0.717, 1.165) is 45.6 Å². The van der Waals surface area contributed by atoms with E-state index in [4.69, 9.17) is 4.74 Å². The molecule has 2 aliphatic rings. The lowest BCUT2D eigenvalue weighted by molar-refractivity contribution is -0.134. The van der Waals surface area contributed by atoms with Crippen LogP contribution in [0.5, 0.6) is 0 Å². The zero-order valence-electron chi connectivity index (χ0n) is 16.5. The van der Waals surface area contributed by atoms with E-state index < -0.39 is 0 Å². The lowest BCUT2D eigenvalue weighted by Gasteiger charge is -2.36. The number of nitrogens with zero attached hydrogens (tertiary/aromatic N) is 3. The van der Waals surface area contributed by atoms with Crippen molar-refractivity contribution in [3.63, 3.8) is 0 Å². The van der Waals surface area contributed by atoms with Crippen LogP contribution >= 0.6 is 0 Å². The van der Waals surface area contributed by atoms with Crippen molar-refractivity contribution in [2.24, 2.45) is 0 Å². The maximum absolute atomic E-state index is 12.6. The van der Waals surface area contributed by atoms with E-state index in [2.05, 4.69) is 36.1 Å². The Bertz CT molecular complexity index is 650. The van der Waals surface area contributed by atoms with Crippen molar-refractivity contribution in [1.82, 2.24) is 9.80 Å². The first-order chi connectivity index (χ1) is 13.0. The molecule has 2 amide bonds. The van der Waals surface area contributed by atoms with Crippen LogP contribution in [-0.4, -0.2) is 73.6 Å². The first-order valence-electron chi connectivity index (χ1n) is 9.99. The lowest BCUT2D eigenvalue weighted by Crippen LogP contribution is -2.49. The summed E-state index contributed by atoms with van der Waals surface area (Å²) in [5.41, 5.74) is 2.47. The van der Waals surface area contributed by atoms with Crippen LogP contribution in [0, 0.1) is 6.92 Å². The minimum atomic E-state index is 0.0163. The number of carbonyl (C=O) groups is 2. The molecule has 2 saturated heterocycles. The summed E-state index contributed by atoms with van der Waals surface area (Å²) in [5, 5.41) is 0. The van der Waals surface area contributed by atoms with E-state index in [1.807, 2.05) is 4.90 Å². The number of hydrogen-bond acceptors (Lipinski definition) is 4. The van der Waals surface area contributed by atoms with E-state index in [0.29, 0.717) is 19.5 Å². The van der Waals surface area contributed by atoms with Crippen LogP contribution in [0.2, 0.25) is 0 Å². The van der Waals surface area contributed by atoms with Crippen LogP contribution in [0.1, 0.15) is 31.7 Å². The van der Waals surface area contributed by atoms with Gasteiger partial charge in [-0.15, -0.1) is 0 Å². The fourth-order valence-corrected chi connectivity index (χ4v) is 3.84. The molecule has 0 N–H and O–H groups in total. The molecule has 3 rings (SSSR count). The number of piperazine rings is 1. The highest BCUT2D eigenvalue weighted by Crippen LogP contribution is 2.18. The first kappa shape index (κ1) is 19.7. The van der Waals surface area contributed by atoms with Gasteiger partial charge in [0.25, 0.3) is 0 Å². The minimum absolute atomic E-state index is 0.0163. The quantitative estimate of drug-likeness (QED) is 0.766. The van der Waals surface area contributed by atoms with Gasteiger partial charge in [-0.2, -0.15) is 0 Å². The third-order valence-corrected chi connectivity index (χ3v) is 5.49. The van der Waals surface area contributed by atoms with E-state index in [9.17, 15) is 9.59 Å². The number of ether oxygens (including phenoxy) is 1. The molecule has 2 fully saturated rings. The van der Waals surface area contributed by atoms with Crippen LogP contribution < -0.4 is 4.90 Å². The maximum Gasteiger partial charge on any atom is 0.224 e. The molecule has 2 aliphatic heterocycles. The van der Waals surface area contributed by atoms with Gasteiger partial charge in [0.05, 0.1) is 6.10 Å². The van der Waals surface area contributed by atoms with Crippen molar-refractivity contribution in [2.75, 3.05) is 50.8 Å². The highest BCUT2D eigenvalue weighted by molar-refractivity contribution is 5.78. The summed E-state index contributed by atoms with van der Waals surface area (Å²) in [4.78, 5) is 30.5. The number of benzene rings is 1. The monoisotopic (exact) mass is 373 g/mol. The molecule has 1 aromatic rings. The Balaban J connectivity index is 1.45. The normalized spacial score (nSPS) is 20.0. The Morgan fingerprint density at radius 2 is 2.00 bits per heavy atom. The molecule has 0 spiro atoms. The van der Waals surface area contributed by atoms with Crippen molar-refractivity contribution < 1.29 is 14.3 Å². The average Bonchev–Trinajstić information content (AvgIpc) is 3.18. The molecule has 0 bridgehead atoms. The molecule has 6 nitrogen and oxygen atoms in total. The molecule has 0 aliphatic carbocycles. The predicted molar refractivity (Wildman–Crippen MR) is 106 cm³/mol. The van der Waals surface area contributed by atoms with Gasteiger partial charge in [0.15, 0.2) is 0 Å². The van der Waals surface area contributed by atoms with Crippen LogP contribution in [0.3, 0.4) is 0 Å². The molecule has 1 aromatic carbocycles. The van der Waals surface area contributed by atoms with Crippen LogP contribution in [0.4, 0.5) is 5.69 Å². The molecule has 27 heavy (non-hydrogen) atoms. The first-order valence-corrected chi connectivity index (χ1v) is 9.99. The van der Waals surface area contributed by atoms with Gasteiger partial charge in [0, 0.05) is 64.9 Å². The second-order valence-corrected chi connectivity index (χ2v) is 7.56. The number of aryl methyl sites for hydroxylation is 1. The van der Waals surface area contributed by atoms with Gasteiger partial charge >= 0.3 is 0 Å². The SMILES string of the molecule is CC(=O)N(CCC(=O)N1CCN(c2cccc(C)c2)CC1)CC1CCCO1. The third kappa shape index (κ3) is 5.45. The smallest absolute Gasteiger partial charge is 0.224 e. The number of hydrogen-bond donors (Lipinski definition) is 0. The minimum Gasteiger partial charge on any atom is -0.376 e. The standard InChI is InChI=1S/C21H31N3O3/c1-17-5-3-6-19(15-17)22-10-12-23(13-11-22)21(26)8-9-24(18(2)25)16-20-7-4-14-27-20/h3,5-6,15,20H,4,7-14,16H2,1-2H3. The molecule has 148 valence electrons. The number of anilines is 1. The lowest BCUT2D eigenvalue weighted by atomic mass is 10.2. The van der Waals surface area contributed by atoms with Crippen molar-refractivity contribution in [2.45, 2.75) is 39.2 Å². The molecule has 0 aromatic heterocycles. The van der Waals surface area contributed by atoms with E-state index in [-0.39, 0.29) is 17.9 Å². The summed E-state index contributed by atoms with van der Waals surface area (Å²) in [6, 6.07) is 8.49. The van der Waals surface area contributed by atoms with Gasteiger partial charge in [-0.05, 0) is 37.5 Å². The number of rotatable bonds is 6. The van der Waals surface area contributed by atoms with Gasteiger partial charge in [-0.25, -0.2) is 0 Å². The summed E-state index contributed by atoms with van der Waals surface area (Å²) in [7, 11) is 0. The third-order valence-electron chi connectivity index (χ3n) is 5.49. The van der Waals surface area contributed by atoms with Crippen LogP contribution in [-0.2, 0) is 14.3 Å². The fraction of sp³-hybridized carbons (Fsp3) is 0.619. The summed E-state index contributed by atoms with van der Waals surface area (Å²) in [6.07, 6.45) is 2.57. The van der Waals surface area contributed by atoms with Gasteiger partial charge in [0.2, 0.25) is 11.8 Å². The summed E-state index contributed by atoms with van der Waals surface area (Å²) >= 11 is 0. The Labute approximate surface area is 162 Å². The van der Waals surface area contributed by atoms with Gasteiger partial charge in [-0.1, -0.05) is 12.1 Å². The second-order valence-electron chi connectivity index (χ2n) is 7.56. The van der Waals surface area contributed by atoms with Crippen molar-refractivity contribution >= 4 is 17.5 Å². The van der Waals surface area contributed by atoms with E-state index >= 15 is 0 Å². The zero-order chi connectivity index (χ0) is 19.2. The van der Waals surface area contributed by atoms with E-state index in [1.165, 1.54) is 11.3 Å². The Hall–Kier alpha value is -2.08. The van der Waals surface area contributed by atoms with Crippen molar-refractivity contribution in [3.05, 3.63) is 29.8 Å².